The smallest absolute Gasteiger partial charge is 0.268 e. The Kier molecular flexibility index (Phi) is 8.38. The molecule has 0 radical (unpaired) electrons. The molecule has 1 spiro atoms. The first-order valence-corrected chi connectivity index (χ1v) is 16.8. The molecule has 1 amide bonds. The molecule has 0 N–H and O–H groups in total. The molecule has 3 heterocycles. The number of methoxy groups -OCH3 is 1. The number of benzene rings is 2. The Morgan fingerprint density at radius 1 is 1.05 bits per heavy atom. The van der Waals surface area contributed by atoms with Gasteiger partial charge in [0.05, 0.1) is 24.7 Å². The summed E-state index contributed by atoms with van der Waals surface area (Å²) in [5, 5.41) is 4.03. The van der Waals surface area contributed by atoms with Gasteiger partial charge in [0.15, 0.2) is 5.82 Å². The summed E-state index contributed by atoms with van der Waals surface area (Å²) in [6.07, 6.45) is 6.50. The second-order valence-electron chi connectivity index (χ2n) is 11.9. The van der Waals surface area contributed by atoms with Crippen molar-refractivity contribution in [1.29, 1.82) is 0 Å². The summed E-state index contributed by atoms with van der Waals surface area (Å²) in [5.41, 5.74) is 4.32. The van der Waals surface area contributed by atoms with Gasteiger partial charge in [0, 0.05) is 24.7 Å². The van der Waals surface area contributed by atoms with E-state index in [1.807, 2.05) is 29.2 Å². The molecule has 234 valence electrons. The first-order valence-electron chi connectivity index (χ1n) is 15.4. The molecule has 2 aliphatic heterocycles. The summed E-state index contributed by atoms with van der Waals surface area (Å²) in [6.45, 7) is 6.62. The highest BCUT2D eigenvalue weighted by Crippen LogP contribution is 2.42. The molecule has 10 nitrogen and oxygen atoms in total. The number of carbonyl (C=O) groups is 1. The van der Waals surface area contributed by atoms with Crippen LogP contribution >= 0.6 is 0 Å². The quantitative estimate of drug-likeness (QED) is 0.240. The molecular weight excluding hydrogens is 580 g/mol. The molecular formula is C33H40N4O6S. The standard InChI is InChI=1S/C33H40N4O6S/c1-5-6-13-30-34-33(16-9-10-17-33)32(38)36(30)18-24-14-15-25(28-20-42-19-27(24)28)26-11-7-8-12-29(26)44(39,40)37(21-41-4)31-22(2)23(3)43-35-31/h7-8,11-12,14-15H,5-6,9-10,13,16-21H2,1-4H3. The molecule has 11 heteroatoms. The van der Waals surface area contributed by atoms with Gasteiger partial charge in [-0.3, -0.25) is 14.7 Å². The Bertz CT molecular complexity index is 1710. The lowest BCUT2D eigenvalue weighted by atomic mass is 9.93. The average Bonchev–Trinajstić information content (AvgIpc) is 3.82. The van der Waals surface area contributed by atoms with Gasteiger partial charge in [-0.15, -0.1) is 0 Å². The molecule has 6 rings (SSSR count). The summed E-state index contributed by atoms with van der Waals surface area (Å²) in [4.78, 5) is 20.9. The number of nitrogens with zero attached hydrogens (tertiary/aromatic N) is 4. The van der Waals surface area contributed by atoms with Crippen molar-refractivity contribution < 1.29 is 27.2 Å². The predicted octanol–water partition coefficient (Wildman–Crippen LogP) is 6.03. The number of aryl methyl sites for hydroxylation is 1. The second-order valence-corrected chi connectivity index (χ2v) is 13.8. The lowest BCUT2D eigenvalue weighted by Crippen LogP contribution is -2.40. The van der Waals surface area contributed by atoms with Crippen molar-refractivity contribution in [1.82, 2.24) is 10.1 Å². The topological polar surface area (TPSA) is 115 Å². The van der Waals surface area contributed by atoms with E-state index < -0.39 is 15.6 Å². The lowest BCUT2D eigenvalue weighted by Gasteiger charge is -2.25. The number of amides is 1. The minimum absolute atomic E-state index is 0.117. The van der Waals surface area contributed by atoms with Gasteiger partial charge in [-0.25, -0.2) is 12.7 Å². The molecule has 0 bridgehead atoms. The second kappa shape index (κ2) is 12.1. The van der Waals surface area contributed by atoms with E-state index in [0.717, 1.165) is 77.3 Å². The van der Waals surface area contributed by atoms with E-state index in [1.54, 1.807) is 26.0 Å². The molecule has 0 saturated heterocycles. The molecule has 2 aromatic carbocycles. The van der Waals surface area contributed by atoms with Crippen LogP contribution < -0.4 is 4.31 Å². The number of hydrogen-bond donors (Lipinski definition) is 0. The maximum absolute atomic E-state index is 14.2. The van der Waals surface area contributed by atoms with E-state index >= 15 is 0 Å². The maximum atomic E-state index is 14.2. The van der Waals surface area contributed by atoms with Crippen molar-refractivity contribution in [2.45, 2.75) is 95.9 Å². The SMILES string of the molecule is CCCCC1=NC2(CCCC2)C(=O)N1Cc1ccc(-c2ccccc2S(=O)(=O)N(COC)c2noc(C)c2C)c2c1COC2. The summed E-state index contributed by atoms with van der Waals surface area (Å²) in [6, 6.07) is 10.9. The monoisotopic (exact) mass is 620 g/mol. The minimum atomic E-state index is -4.11. The first kappa shape index (κ1) is 30.5. The van der Waals surface area contributed by atoms with Crippen LogP contribution in [0.5, 0.6) is 0 Å². The number of rotatable bonds is 11. The van der Waals surface area contributed by atoms with Crippen LogP contribution in [0.4, 0.5) is 5.82 Å². The van der Waals surface area contributed by atoms with E-state index in [1.165, 1.54) is 7.11 Å². The summed E-state index contributed by atoms with van der Waals surface area (Å²) in [5.74, 6) is 1.74. The highest BCUT2D eigenvalue weighted by molar-refractivity contribution is 7.93. The van der Waals surface area contributed by atoms with Crippen LogP contribution in [-0.4, -0.2) is 49.6 Å². The third-order valence-electron chi connectivity index (χ3n) is 9.19. The van der Waals surface area contributed by atoms with Crippen molar-refractivity contribution in [2.75, 3.05) is 18.1 Å². The van der Waals surface area contributed by atoms with Gasteiger partial charge in [-0.2, -0.15) is 0 Å². The fourth-order valence-corrected chi connectivity index (χ4v) is 8.23. The zero-order valence-corrected chi connectivity index (χ0v) is 26.7. The van der Waals surface area contributed by atoms with Gasteiger partial charge in [0.2, 0.25) is 0 Å². The van der Waals surface area contributed by atoms with Crippen LogP contribution in [0.25, 0.3) is 11.1 Å². The number of aliphatic imine (C=N–C) groups is 1. The molecule has 44 heavy (non-hydrogen) atoms. The van der Waals surface area contributed by atoms with Crippen LogP contribution in [0, 0.1) is 13.8 Å². The van der Waals surface area contributed by atoms with Gasteiger partial charge in [-0.05, 0) is 61.4 Å². The molecule has 3 aromatic rings. The Hall–Kier alpha value is -3.54. The minimum Gasteiger partial charge on any atom is -0.372 e. The van der Waals surface area contributed by atoms with E-state index in [-0.39, 0.29) is 23.4 Å². The zero-order chi connectivity index (χ0) is 31.1. The van der Waals surface area contributed by atoms with Gasteiger partial charge in [-0.1, -0.05) is 61.7 Å². The van der Waals surface area contributed by atoms with Crippen LogP contribution in [0.2, 0.25) is 0 Å². The Morgan fingerprint density at radius 2 is 1.80 bits per heavy atom. The van der Waals surface area contributed by atoms with Crippen molar-refractivity contribution in [3.8, 4) is 11.1 Å². The molecule has 1 aromatic heterocycles. The van der Waals surface area contributed by atoms with Crippen molar-refractivity contribution in [2.24, 2.45) is 4.99 Å². The van der Waals surface area contributed by atoms with Crippen LogP contribution in [0.1, 0.15) is 79.9 Å². The molecule has 0 unspecified atom stereocenters. The van der Waals surface area contributed by atoms with E-state index in [9.17, 15) is 13.2 Å². The number of fused-ring (bicyclic) bond motifs is 1. The zero-order valence-electron chi connectivity index (χ0n) is 25.9. The normalized spacial score (nSPS) is 17.5. The summed E-state index contributed by atoms with van der Waals surface area (Å²) in [7, 11) is -2.67. The largest absolute Gasteiger partial charge is 0.372 e. The third-order valence-corrected chi connectivity index (χ3v) is 11.0. The number of amidine groups is 1. The molecule has 1 saturated carbocycles. The third kappa shape index (κ3) is 5.14. The summed E-state index contributed by atoms with van der Waals surface area (Å²) < 4.78 is 46.2. The average molecular weight is 621 g/mol. The van der Waals surface area contributed by atoms with Gasteiger partial charge < -0.3 is 14.0 Å². The van der Waals surface area contributed by atoms with Gasteiger partial charge in [0.1, 0.15) is 23.9 Å². The molecule has 1 fully saturated rings. The Labute approximate surface area is 259 Å². The number of sulfonamides is 1. The predicted molar refractivity (Wildman–Crippen MR) is 167 cm³/mol. The molecule has 0 atom stereocenters. The highest BCUT2D eigenvalue weighted by Gasteiger charge is 2.49. The van der Waals surface area contributed by atoms with E-state index in [0.29, 0.717) is 36.6 Å². The van der Waals surface area contributed by atoms with Crippen molar-refractivity contribution in [3.63, 3.8) is 0 Å². The lowest BCUT2D eigenvalue weighted by molar-refractivity contribution is -0.131. The number of ether oxygens (including phenoxy) is 2. The van der Waals surface area contributed by atoms with Crippen molar-refractivity contribution >= 4 is 27.6 Å². The fourth-order valence-electron chi connectivity index (χ4n) is 6.64. The van der Waals surface area contributed by atoms with Crippen LogP contribution in [0.15, 0.2) is 50.8 Å². The molecule has 3 aliphatic rings. The Balaban J connectivity index is 1.38. The van der Waals surface area contributed by atoms with Crippen LogP contribution in [-0.2, 0) is 44.1 Å². The number of carbonyl (C=O) groups excluding carboxylic acids is 1. The fraction of sp³-hybridized carbons (Fsp3) is 0.485. The highest BCUT2D eigenvalue weighted by atomic mass is 32.2. The number of hydrogen-bond acceptors (Lipinski definition) is 8. The molecule has 1 aliphatic carbocycles. The number of anilines is 1. The maximum Gasteiger partial charge on any atom is 0.268 e. The van der Waals surface area contributed by atoms with E-state index in [4.69, 9.17) is 19.0 Å². The van der Waals surface area contributed by atoms with Gasteiger partial charge in [0.25, 0.3) is 15.9 Å². The number of aromatic nitrogens is 1. The first-order chi connectivity index (χ1) is 21.2. The van der Waals surface area contributed by atoms with Crippen LogP contribution in [0.3, 0.4) is 0 Å². The van der Waals surface area contributed by atoms with Crippen molar-refractivity contribution in [3.05, 3.63) is 64.4 Å². The summed E-state index contributed by atoms with van der Waals surface area (Å²) >= 11 is 0. The van der Waals surface area contributed by atoms with Gasteiger partial charge >= 0.3 is 0 Å². The Morgan fingerprint density at radius 3 is 2.50 bits per heavy atom. The number of unbranched alkanes of at least 4 members (excludes halogenated alkanes) is 1. The van der Waals surface area contributed by atoms with E-state index in [2.05, 4.69) is 12.1 Å².